The first kappa shape index (κ1) is 20.4. The average Bonchev–Trinajstić information content (AvgIpc) is 2.96. The standard InChI is InChI=1S/C23H26N4O2/c1-22(2,3)19-26(5)20(28)23(27(19)21(29)25-4,17-9-7-6-8-10-17)18-13-11-16(15-24)12-14-18/h6-14,19H,1-5H3,(H,25,29)/t19-,23+/m0/s1. The van der Waals surface area contributed by atoms with E-state index >= 15 is 0 Å². The van der Waals surface area contributed by atoms with Crippen LogP contribution < -0.4 is 5.32 Å². The normalized spacial score (nSPS) is 21.8. The van der Waals surface area contributed by atoms with Gasteiger partial charge in [0.25, 0.3) is 5.91 Å². The second kappa shape index (κ2) is 7.25. The maximum absolute atomic E-state index is 13.9. The van der Waals surface area contributed by atoms with E-state index in [1.165, 1.54) is 0 Å². The molecule has 150 valence electrons. The third-order valence-corrected chi connectivity index (χ3v) is 5.43. The Hall–Kier alpha value is -3.33. The Balaban J connectivity index is 2.40. The molecule has 2 aromatic rings. The maximum Gasteiger partial charge on any atom is 0.320 e. The van der Waals surface area contributed by atoms with Crippen molar-refractivity contribution in [2.75, 3.05) is 14.1 Å². The van der Waals surface area contributed by atoms with E-state index in [0.717, 1.165) is 0 Å². The van der Waals surface area contributed by atoms with Crippen LogP contribution in [0.25, 0.3) is 0 Å². The van der Waals surface area contributed by atoms with E-state index in [0.29, 0.717) is 16.7 Å². The molecule has 0 aliphatic carbocycles. The quantitative estimate of drug-likeness (QED) is 0.855. The predicted octanol–water partition coefficient (Wildman–Crippen LogP) is 3.29. The van der Waals surface area contributed by atoms with Gasteiger partial charge in [-0.05, 0) is 23.3 Å². The molecule has 1 N–H and O–H groups in total. The number of hydrogen-bond acceptors (Lipinski definition) is 3. The van der Waals surface area contributed by atoms with E-state index in [1.54, 1.807) is 48.2 Å². The highest BCUT2D eigenvalue weighted by Gasteiger charge is 2.62. The van der Waals surface area contributed by atoms with E-state index in [-0.39, 0.29) is 17.4 Å². The van der Waals surface area contributed by atoms with Crippen molar-refractivity contribution in [3.8, 4) is 6.07 Å². The van der Waals surface area contributed by atoms with Crippen LogP contribution in [0, 0.1) is 16.7 Å². The summed E-state index contributed by atoms with van der Waals surface area (Å²) in [6.45, 7) is 6.03. The van der Waals surface area contributed by atoms with Crippen LogP contribution in [0.1, 0.15) is 37.5 Å². The van der Waals surface area contributed by atoms with Crippen LogP contribution in [0.4, 0.5) is 4.79 Å². The molecule has 1 heterocycles. The molecule has 0 unspecified atom stereocenters. The zero-order valence-corrected chi connectivity index (χ0v) is 17.4. The van der Waals surface area contributed by atoms with Gasteiger partial charge >= 0.3 is 6.03 Å². The third kappa shape index (κ3) is 3.03. The molecule has 0 aromatic heterocycles. The van der Waals surface area contributed by atoms with E-state index < -0.39 is 11.7 Å². The summed E-state index contributed by atoms with van der Waals surface area (Å²) in [5.74, 6) is -0.183. The van der Waals surface area contributed by atoms with Gasteiger partial charge in [0.1, 0.15) is 6.17 Å². The Morgan fingerprint density at radius 1 is 1.07 bits per heavy atom. The Labute approximate surface area is 171 Å². The molecule has 1 aliphatic rings. The summed E-state index contributed by atoms with van der Waals surface area (Å²) in [6, 6.07) is 18.0. The monoisotopic (exact) mass is 390 g/mol. The van der Waals surface area contributed by atoms with Crippen molar-refractivity contribution in [3.05, 3.63) is 71.3 Å². The smallest absolute Gasteiger partial charge is 0.320 e. The van der Waals surface area contributed by atoms with E-state index in [2.05, 4.69) is 11.4 Å². The number of urea groups is 1. The van der Waals surface area contributed by atoms with E-state index in [9.17, 15) is 14.9 Å². The summed E-state index contributed by atoms with van der Waals surface area (Å²) in [5, 5.41) is 11.9. The lowest BCUT2D eigenvalue weighted by molar-refractivity contribution is -0.132. The Morgan fingerprint density at radius 2 is 1.62 bits per heavy atom. The average molecular weight is 390 g/mol. The molecule has 3 amide bonds. The molecular weight excluding hydrogens is 364 g/mol. The first-order chi connectivity index (χ1) is 13.7. The van der Waals surface area contributed by atoms with Crippen molar-refractivity contribution in [1.82, 2.24) is 15.1 Å². The molecule has 1 aliphatic heterocycles. The SMILES string of the molecule is CNC(=O)N1[C@@H](C(C)(C)C)N(C)C(=O)[C@@]1(c1ccccc1)c1ccc(C#N)cc1. The lowest BCUT2D eigenvalue weighted by atomic mass is 9.80. The topological polar surface area (TPSA) is 76.4 Å². The Morgan fingerprint density at radius 3 is 2.10 bits per heavy atom. The van der Waals surface area contributed by atoms with Crippen LogP contribution in [0.5, 0.6) is 0 Å². The summed E-state index contributed by atoms with van der Waals surface area (Å²) in [7, 11) is 3.31. The summed E-state index contributed by atoms with van der Waals surface area (Å²) >= 11 is 0. The minimum atomic E-state index is -1.33. The highest BCUT2D eigenvalue weighted by Crippen LogP contribution is 2.48. The number of amides is 3. The molecule has 2 aromatic carbocycles. The molecule has 1 saturated heterocycles. The fraction of sp³-hybridized carbons (Fsp3) is 0.348. The number of nitrogens with zero attached hydrogens (tertiary/aromatic N) is 3. The van der Waals surface area contributed by atoms with Gasteiger partial charge in [-0.15, -0.1) is 0 Å². The Bertz CT molecular complexity index is 957. The number of nitriles is 1. The summed E-state index contributed by atoms with van der Waals surface area (Å²) in [6.07, 6.45) is -0.467. The molecule has 29 heavy (non-hydrogen) atoms. The largest absolute Gasteiger partial charge is 0.341 e. The number of nitrogens with one attached hydrogen (secondary N) is 1. The van der Waals surface area contributed by atoms with Crippen molar-refractivity contribution in [2.45, 2.75) is 32.5 Å². The fourth-order valence-corrected chi connectivity index (χ4v) is 4.34. The molecule has 0 radical (unpaired) electrons. The van der Waals surface area contributed by atoms with Gasteiger partial charge in [-0.3, -0.25) is 9.69 Å². The lowest BCUT2D eigenvalue weighted by Crippen LogP contribution is -2.57. The second-order valence-corrected chi connectivity index (χ2v) is 8.35. The zero-order chi connectivity index (χ0) is 21.4. The van der Waals surface area contributed by atoms with Gasteiger partial charge in [-0.2, -0.15) is 5.26 Å². The molecule has 6 heteroatoms. The van der Waals surface area contributed by atoms with E-state index in [1.807, 2.05) is 51.1 Å². The van der Waals surface area contributed by atoms with Crippen LogP contribution in [-0.2, 0) is 10.3 Å². The first-order valence-electron chi connectivity index (χ1n) is 9.54. The first-order valence-corrected chi connectivity index (χ1v) is 9.54. The van der Waals surface area contributed by atoms with Crippen LogP contribution in [0.2, 0.25) is 0 Å². The molecule has 1 fully saturated rings. The minimum Gasteiger partial charge on any atom is -0.341 e. The molecular formula is C23H26N4O2. The Kier molecular flexibility index (Phi) is 5.10. The highest BCUT2D eigenvalue weighted by molar-refractivity contribution is 5.98. The van der Waals surface area contributed by atoms with Gasteiger partial charge in [0.15, 0.2) is 5.54 Å². The predicted molar refractivity (Wildman–Crippen MR) is 111 cm³/mol. The van der Waals surface area contributed by atoms with Gasteiger partial charge in [0.2, 0.25) is 0 Å². The number of carbonyl (C=O) groups excluding carboxylic acids is 2. The number of carbonyl (C=O) groups is 2. The molecule has 0 bridgehead atoms. The van der Waals surface area contributed by atoms with Gasteiger partial charge in [0, 0.05) is 19.5 Å². The van der Waals surface area contributed by atoms with Crippen LogP contribution in [-0.4, -0.2) is 42.0 Å². The molecule has 6 nitrogen and oxygen atoms in total. The minimum absolute atomic E-state index is 0.183. The second-order valence-electron chi connectivity index (χ2n) is 8.35. The van der Waals surface area contributed by atoms with Crippen LogP contribution >= 0.6 is 0 Å². The van der Waals surface area contributed by atoms with Gasteiger partial charge < -0.3 is 10.2 Å². The van der Waals surface area contributed by atoms with Crippen molar-refractivity contribution in [3.63, 3.8) is 0 Å². The number of hydrogen-bond donors (Lipinski definition) is 1. The zero-order valence-electron chi connectivity index (χ0n) is 17.4. The van der Waals surface area contributed by atoms with Crippen molar-refractivity contribution < 1.29 is 9.59 Å². The van der Waals surface area contributed by atoms with Crippen molar-refractivity contribution in [2.24, 2.45) is 5.41 Å². The van der Waals surface area contributed by atoms with Crippen LogP contribution in [0.15, 0.2) is 54.6 Å². The van der Waals surface area contributed by atoms with Crippen molar-refractivity contribution in [1.29, 1.82) is 5.26 Å². The number of rotatable bonds is 2. The molecule has 0 saturated carbocycles. The summed E-state index contributed by atoms with van der Waals surface area (Å²) in [5.41, 5.74) is 0.128. The fourth-order valence-electron chi connectivity index (χ4n) is 4.34. The third-order valence-electron chi connectivity index (χ3n) is 5.43. The molecule has 2 atom stereocenters. The summed E-state index contributed by atoms with van der Waals surface area (Å²) in [4.78, 5) is 30.4. The number of benzene rings is 2. The molecule has 0 spiro atoms. The van der Waals surface area contributed by atoms with Gasteiger partial charge in [-0.1, -0.05) is 63.2 Å². The van der Waals surface area contributed by atoms with E-state index in [4.69, 9.17) is 0 Å². The maximum atomic E-state index is 13.9. The number of likely N-dealkylation sites (N-methyl/N-ethyl adjacent to an activating group) is 1. The molecule has 3 rings (SSSR count). The lowest BCUT2D eigenvalue weighted by Gasteiger charge is -2.43. The van der Waals surface area contributed by atoms with Gasteiger partial charge in [-0.25, -0.2) is 4.79 Å². The van der Waals surface area contributed by atoms with Crippen molar-refractivity contribution >= 4 is 11.9 Å². The summed E-state index contributed by atoms with van der Waals surface area (Å²) < 4.78 is 0. The highest BCUT2D eigenvalue weighted by atomic mass is 16.2. The van der Waals surface area contributed by atoms with Crippen LogP contribution in [0.3, 0.4) is 0 Å². The van der Waals surface area contributed by atoms with Gasteiger partial charge in [0.05, 0.1) is 11.6 Å².